The van der Waals surface area contributed by atoms with Crippen LogP contribution in [0.5, 0.6) is 0 Å². The Morgan fingerprint density at radius 3 is 1.65 bits per heavy atom. The summed E-state index contributed by atoms with van der Waals surface area (Å²) in [6.45, 7) is 0. The average molecular weight is 224 g/mol. The molecule has 0 aromatic heterocycles. The highest BCUT2D eigenvalue weighted by Gasteiger charge is 2.16. The number of rotatable bonds is 3. The molecule has 0 aliphatic rings. The number of hydrogen-bond acceptors (Lipinski definition) is 1. The third kappa shape index (κ3) is 2.53. The van der Waals surface area contributed by atoms with Gasteiger partial charge in [-0.25, -0.2) is 0 Å². The van der Waals surface area contributed by atoms with Gasteiger partial charge in [0, 0.05) is 7.05 Å². The Kier molecular flexibility index (Phi) is 3.55. The molecule has 0 heterocycles. The Balaban J connectivity index is 2.47. The van der Waals surface area contributed by atoms with E-state index < -0.39 is 0 Å². The molecule has 2 aromatic rings. The van der Waals surface area contributed by atoms with Crippen LogP contribution in [0.3, 0.4) is 0 Å². The van der Waals surface area contributed by atoms with E-state index in [1.165, 1.54) is 11.1 Å². The lowest BCUT2D eigenvalue weighted by atomic mass is 9.90. The maximum atomic E-state index is 6.03. The van der Waals surface area contributed by atoms with Crippen LogP contribution in [0.4, 0.5) is 0 Å². The van der Waals surface area contributed by atoms with E-state index in [0.29, 0.717) is 5.84 Å². The molecule has 2 N–H and O–H groups in total. The third-order valence-electron chi connectivity index (χ3n) is 2.82. The summed E-state index contributed by atoms with van der Waals surface area (Å²) in [7, 11) is 1.73. The third-order valence-corrected chi connectivity index (χ3v) is 2.82. The van der Waals surface area contributed by atoms with E-state index in [4.69, 9.17) is 5.73 Å². The average Bonchev–Trinajstić information content (AvgIpc) is 2.41. The smallest absolute Gasteiger partial charge is 0.105 e. The maximum Gasteiger partial charge on any atom is 0.105 e. The molecule has 0 bridgehead atoms. The van der Waals surface area contributed by atoms with Crippen molar-refractivity contribution in [2.45, 2.75) is 5.92 Å². The topological polar surface area (TPSA) is 38.4 Å². The molecule has 0 unspecified atom stereocenters. The second kappa shape index (κ2) is 5.30. The van der Waals surface area contributed by atoms with Crippen molar-refractivity contribution < 1.29 is 0 Å². The molecule has 0 amide bonds. The molecule has 0 saturated carbocycles. The van der Waals surface area contributed by atoms with Crippen LogP contribution < -0.4 is 5.73 Å². The van der Waals surface area contributed by atoms with Crippen molar-refractivity contribution in [1.82, 2.24) is 0 Å². The predicted octanol–water partition coefficient (Wildman–Crippen LogP) is 2.81. The molecule has 0 aliphatic carbocycles. The van der Waals surface area contributed by atoms with Crippen molar-refractivity contribution in [3.63, 3.8) is 0 Å². The minimum absolute atomic E-state index is 0.0439. The van der Waals surface area contributed by atoms with Gasteiger partial charge in [0.1, 0.15) is 5.84 Å². The Morgan fingerprint density at radius 1 is 0.882 bits per heavy atom. The first-order valence-corrected chi connectivity index (χ1v) is 5.65. The van der Waals surface area contributed by atoms with E-state index in [9.17, 15) is 0 Å². The van der Waals surface area contributed by atoms with Crippen molar-refractivity contribution in [2.75, 3.05) is 7.05 Å². The summed E-state index contributed by atoms with van der Waals surface area (Å²) in [4.78, 5) is 4.14. The molecule has 0 aliphatic heterocycles. The van der Waals surface area contributed by atoms with Gasteiger partial charge in [-0.2, -0.15) is 0 Å². The number of aliphatic imine (C=N–C) groups is 1. The van der Waals surface area contributed by atoms with Crippen LogP contribution in [0.2, 0.25) is 0 Å². The quantitative estimate of drug-likeness (QED) is 0.632. The van der Waals surface area contributed by atoms with Crippen molar-refractivity contribution >= 4 is 5.84 Å². The van der Waals surface area contributed by atoms with Crippen molar-refractivity contribution in [3.05, 3.63) is 71.8 Å². The lowest BCUT2D eigenvalue weighted by molar-refractivity contribution is 1.05. The molecular weight excluding hydrogens is 208 g/mol. The zero-order valence-corrected chi connectivity index (χ0v) is 9.88. The van der Waals surface area contributed by atoms with Crippen LogP contribution in [-0.4, -0.2) is 12.9 Å². The zero-order valence-electron chi connectivity index (χ0n) is 9.88. The molecule has 0 saturated heterocycles. The van der Waals surface area contributed by atoms with Gasteiger partial charge < -0.3 is 5.73 Å². The van der Waals surface area contributed by atoms with Gasteiger partial charge in [0.05, 0.1) is 5.92 Å². The molecule has 86 valence electrons. The van der Waals surface area contributed by atoms with Gasteiger partial charge in [-0.3, -0.25) is 4.99 Å². The van der Waals surface area contributed by atoms with E-state index in [2.05, 4.69) is 29.3 Å². The molecule has 0 radical (unpaired) electrons. The first kappa shape index (κ1) is 11.4. The normalized spacial score (nSPS) is 11.8. The Labute approximate surface area is 102 Å². The lowest BCUT2D eigenvalue weighted by Gasteiger charge is -2.17. The van der Waals surface area contributed by atoms with Crippen LogP contribution in [0.15, 0.2) is 65.7 Å². The van der Waals surface area contributed by atoms with Crippen molar-refractivity contribution in [3.8, 4) is 0 Å². The van der Waals surface area contributed by atoms with Crippen LogP contribution >= 0.6 is 0 Å². The second-order valence-corrected chi connectivity index (χ2v) is 3.90. The Bertz CT molecular complexity index is 449. The fourth-order valence-corrected chi connectivity index (χ4v) is 1.95. The highest BCUT2D eigenvalue weighted by Crippen LogP contribution is 2.24. The lowest BCUT2D eigenvalue weighted by Crippen LogP contribution is -2.22. The van der Waals surface area contributed by atoms with Gasteiger partial charge in [-0.05, 0) is 11.1 Å². The van der Waals surface area contributed by atoms with Crippen LogP contribution in [0.25, 0.3) is 0 Å². The monoisotopic (exact) mass is 224 g/mol. The van der Waals surface area contributed by atoms with Crippen LogP contribution in [0, 0.1) is 0 Å². The molecular formula is C15H16N2. The number of nitrogens with zero attached hydrogens (tertiary/aromatic N) is 1. The summed E-state index contributed by atoms with van der Waals surface area (Å²) in [5.41, 5.74) is 8.37. The molecule has 17 heavy (non-hydrogen) atoms. The molecule has 0 atom stereocenters. The largest absolute Gasteiger partial charge is 0.387 e. The minimum atomic E-state index is 0.0439. The summed E-state index contributed by atoms with van der Waals surface area (Å²) in [6, 6.07) is 20.4. The maximum absolute atomic E-state index is 6.03. The van der Waals surface area contributed by atoms with Gasteiger partial charge in [-0.1, -0.05) is 60.7 Å². The number of nitrogens with two attached hydrogens (primary N) is 1. The van der Waals surface area contributed by atoms with E-state index in [1.807, 2.05) is 36.4 Å². The molecule has 2 rings (SSSR count). The number of hydrogen-bond donors (Lipinski definition) is 1. The summed E-state index contributed by atoms with van der Waals surface area (Å²) in [6.07, 6.45) is 0. The molecule has 2 nitrogen and oxygen atoms in total. The fraction of sp³-hybridized carbons (Fsp3) is 0.133. The van der Waals surface area contributed by atoms with E-state index in [-0.39, 0.29) is 5.92 Å². The molecule has 2 heteroatoms. The van der Waals surface area contributed by atoms with E-state index >= 15 is 0 Å². The van der Waals surface area contributed by atoms with Gasteiger partial charge in [-0.15, -0.1) is 0 Å². The predicted molar refractivity (Wildman–Crippen MR) is 72.3 cm³/mol. The summed E-state index contributed by atoms with van der Waals surface area (Å²) in [5, 5.41) is 0. The summed E-state index contributed by atoms with van der Waals surface area (Å²) < 4.78 is 0. The Morgan fingerprint density at radius 2 is 1.29 bits per heavy atom. The first-order valence-electron chi connectivity index (χ1n) is 5.65. The number of benzene rings is 2. The Hall–Kier alpha value is -2.09. The summed E-state index contributed by atoms with van der Waals surface area (Å²) in [5.74, 6) is 0.685. The molecule has 0 spiro atoms. The van der Waals surface area contributed by atoms with Crippen LogP contribution in [0.1, 0.15) is 17.0 Å². The van der Waals surface area contributed by atoms with Gasteiger partial charge in [0.2, 0.25) is 0 Å². The highest BCUT2D eigenvalue weighted by atomic mass is 14.8. The molecule has 0 fully saturated rings. The SMILES string of the molecule is CN=C(N)C(c1ccccc1)c1ccccc1. The first-order chi connectivity index (χ1) is 8.33. The zero-order chi connectivity index (χ0) is 12.1. The van der Waals surface area contributed by atoms with Gasteiger partial charge >= 0.3 is 0 Å². The highest BCUT2D eigenvalue weighted by molar-refractivity contribution is 5.90. The van der Waals surface area contributed by atoms with Gasteiger partial charge in [0.15, 0.2) is 0 Å². The standard InChI is InChI=1S/C15H16N2/c1-17-15(16)14(12-8-4-2-5-9-12)13-10-6-3-7-11-13/h2-11,14H,1H3,(H2,16,17). The fourth-order valence-electron chi connectivity index (χ4n) is 1.95. The minimum Gasteiger partial charge on any atom is -0.387 e. The summed E-state index contributed by atoms with van der Waals surface area (Å²) >= 11 is 0. The van der Waals surface area contributed by atoms with E-state index in [0.717, 1.165) is 0 Å². The van der Waals surface area contributed by atoms with Crippen LogP contribution in [-0.2, 0) is 0 Å². The van der Waals surface area contributed by atoms with Crippen molar-refractivity contribution in [2.24, 2.45) is 10.7 Å². The van der Waals surface area contributed by atoms with E-state index in [1.54, 1.807) is 7.05 Å². The number of amidine groups is 1. The van der Waals surface area contributed by atoms with Crippen molar-refractivity contribution in [1.29, 1.82) is 0 Å². The molecule has 2 aromatic carbocycles. The van der Waals surface area contributed by atoms with Gasteiger partial charge in [0.25, 0.3) is 0 Å². The second-order valence-electron chi connectivity index (χ2n) is 3.90.